The van der Waals surface area contributed by atoms with Crippen LogP contribution in [0.25, 0.3) is 0 Å². The van der Waals surface area contributed by atoms with Crippen molar-refractivity contribution >= 4 is 12.2 Å². The first-order chi connectivity index (χ1) is 8.02. The van der Waals surface area contributed by atoms with Gasteiger partial charge in [0.15, 0.2) is 12.0 Å². The zero-order valence-electron chi connectivity index (χ0n) is 9.15. The Morgan fingerprint density at radius 2 is 2.41 bits per heavy atom. The number of aromatic nitrogens is 2. The molecule has 1 aliphatic rings. The minimum absolute atomic E-state index is 0.213. The Kier molecular flexibility index (Phi) is 3.39. The fourth-order valence-corrected chi connectivity index (χ4v) is 2.00. The third kappa shape index (κ3) is 2.30. The van der Waals surface area contributed by atoms with E-state index in [4.69, 9.17) is 4.74 Å². The lowest BCUT2D eigenvalue weighted by Gasteiger charge is -2.16. The van der Waals surface area contributed by atoms with E-state index in [-0.39, 0.29) is 17.2 Å². The molecule has 1 N–H and O–H groups in total. The summed E-state index contributed by atoms with van der Waals surface area (Å²) >= 11 is 4.57. The van der Waals surface area contributed by atoms with E-state index in [0.717, 1.165) is 10.8 Å². The quantitative estimate of drug-likeness (QED) is 0.830. The summed E-state index contributed by atoms with van der Waals surface area (Å²) in [7, 11) is 0. The van der Waals surface area contributed by atoms with E-state index in [9.17, 15) is 13.6 Å². The number of hydrogen-bond acceptors (Lipinski definition) is 3. The van der Waals surface area contributed by atoms with E-state index >= 15 is 0 Å². The van der Waals surface area contributed by atoms with Gasteiger partial charge in [-0.1, -0.05) is 19.1 Å². The summed E-state index contributed by atoms with van der Waals surface area (Å²) in [4.78, 5) is 13.7. The predicted octanol–water partition coefficient (Wildman–Crippen LogP) is 2.08. The van der Waals surface area contributed by atoms with E-state index in [0.29, 0.717) is 6.42 Å². The van der Waals surface area contributed by atoms with Crippen molar-refractivity contribution in [2.24, 2.45) is 0 Å². The van der Waals surface area contributed by atoms with Gasteiger partial charge in [-0.25, -0.2) is 13.6 Å². The largest absolute Gasteiger partial charge is 0.351 e. The lowest BCUT2D eigenvalue weighted by atomic mass is 10.2. The zero-order valence-corrected chi connectivity index (χ0v) is 9.97. The van der Waals surface area contributed by atoms with Crippen molar-refractivity contribution in [3.8, 4) is 0 Å². The molecular formula is C10H12F2N2O2S. The highest BCUT2D eigenvalue weighted by Gasteiger charge is 2.36. The molecule has 94 valence electrons. The van der Waals surface area contributed by atoms with Gasteiger partial charge in [0.25, 0.3) is 0 Å². The van der Waals surface area contributed by atoms with Crippen LogP contribution < -0.4 is 5.69 Å². The highest BCUT2D eigenvalue weighted by molar-refractivity contribution is 7.71. The van der Waals surface area contributed by atoms with Crippen LogP contribution in [0.4, 0.5) is 8.78 Å². The monoisotopic (exact) mass is 262 g/mol. The van der Waals surface area contributed by atoms with Crippen LogP contribution in [0.2, 0.25) is 0 Å². The number of nitrogens with zero attached hydrogens (tertiary/aromatic N) is 1. The Balaban J connectivity index is 2.38. The van der Waals surface area contributed by atoms with E-state index in [1.807, 2.05) is 6.92 Å². The Labute approximate surface area is 101 Å². The molecule has 1 unspecified atom stereocenters. The van der Waals surface area contributed by atoms with Crippen molar-refractivity contribution in [2.75, 3.05) is 0 Å². The lowest BCUT2D eigenvalue weighted by Crippen LogP contribution is -2.31. The van der Waals surface area contributed by atoms with Crippen molar-refractivity contribution in [2.45, 2.75) is 38.3 Å². The highest BCUT2D eigenvalue weighted by atomic mass is 32.1. The fourth-order valence-electron chi connectivity index (χ4n) is 1.86. The van der Waals surface area contributed by atoms with Crippen LogP contribution in [0, 0.1) is 10.5 Å². The molecule has 0 bridgehead atoms. The molecule has 0 spiro atoms. The first-order valence-electron chi connectivity index (χ1n) is 5.33. The molecule has 4 nitrogen and oxygen atoms in total. The summed E-state index contributed by atoms with van der Waals surface area (Å²) in [6.45, 7) is 1.86. The minimum Gasteiger partial charge on any atom is -0.351 e. The topological polar surface area (TPSA) is 47.0 Å². The van der Waals surface area contributed by atoms with Crippen LogP contribution in [0.15, 0.2) is 11.0 Å². The number of aromatic amines is 1. The SMILES string of the molecule is CC[C@H]1CC(F)[C@@H](n2cc(F)c(=S)[nH]c2=O)O1. The third-order valence-corrected chi connectivity index (χ3v) is 3.08. The van der Waals surface area contributed by atoms with Crippen molar-refractivity contribution in [3.63, 3.8) is 0 Å². The molecule has 2 rings (SSSR count). The predicted molar refractivity (Wildman–Crippen MR) is 59.6 cm³/mol. The number of H-pyrrole nitrogens is 1. The second-order valence-electron chi connectivity index (χ2n) is 3.95. The van der Waals surface area contributed by atoms with Gasteiger partial charge in [-0.2, -0.15) is 0 Å². The molecule has 0 amide bonds. The first kappa shape index (κ1) is 12.4. The molecular weight excluding hydrogens is 250 g/mol. The maximum Gasteiger partial charge on any atom is 0.328 e. The van der Waals surface area contributed by atoms with Crippen LogP contribution in [-0.2, 0) is 4.74 Å². The average Bonchev–Trinajstić information content (AvgIpc) is 2.65. The molecule has 1 fully saturated rings. The van der Waals surface area contributed by atoms with E-state index in [1.54, 1.807) is 0 Å². The summed E-state index contributed by atoms with van der Waals surface area (Å²) in [6, 6.07) is 0. The molecule has 7 heteroatoms. The molecule has 0 aliphatic carbocycles. The smallest absolute Gasteiger partial charge is 0.328 e. The van der Waals surface area contributed by atoms with Gasteiger partial charge in [0.1, 0.15) is 10.8 Å². The standard InChI is InChI=1S/C10H12F2N2O2S/c1-2-5-3-6(11)9(16-5)14-4-7(12)8(17)13-10(14)15/h4-6,9H,2-3H2,1H3,(H,13,15,17)/t5-,6?,9-/m0/s1. The summed E-state index contributed by atoms with van der Waals surface area (Å²) in [5, 5.41) is 0. The summed E-state index contributed by atoms with van der Waals surface area (Å²) < 4.78 is 32.9. The van der Waals surface area contributed by atoms with Gasteiger partial charge in [0, 0.05) is 6.42 Å². The second-order valence-corrected chi connectivity index (χ2v) is 4.36. The van der Waals surface area contributed by atoms with Gasteiger partial charge in [0.05, 0.1) is 12.3 Å². The summed E-state index contributed by atoms with van der Waals surface area (Å²) in [5.74, 6) is -0.768. The van der Waals surface area contributed by atoms with Crippen molar-refractivity contribution in [1.29, 1.82) is 0 Å². The van der Waals surface area contributed by atoms with Gasteiger partial charge in [0.2, 0.25) is 0 Å². The molecule has 1 aliphatic heterocycles. The Morgan fingerprint density at radius 3 is 3.00 bits per heavy atom. The van der Waals surface area contributed by atoms with Crippen molar-refractivity contribution in [3.05, 3.63) is 27.1 Å². The zero-order chi connectivity index (χ0) is 12.6. The number of ether oxygens (including phenoxy) is 1. The first-order valence-corrected chi connectivity index (χ1v) is 5.74. The van der Waals surface area contributed by atoms with E-state index in [2.05, 4.69) is 17.2 Å². The minimum atomic E-state index is -1.32. The molecule has 1 aromatic rings. The van der Waals surface area contributed by atoms with E-state index < -0.39 is 23.9 Å². The fraction of sp³-hybridized carbons (Fsp3) is 0.600. The number of rotatable bonds is 2. The summed E-state index contributed by atoms with van der Waals surface area (Å²) in [5.41, 5.74) is -0.666. The van der Waals surface area contributed by atoms with Gasteiger partial charge < -0.3 is 4.74 Å². The Bertz CT molecular complexity index is 528. The second kappa shape index (κ2) is 4.66. The van der Waals surface area contributed by atoms with Gasteiger partial charge in [-0.3, -0.25) is 9.55 Å². The average molecular weight is 262 g/mol. The normalized spacial score (nSPS) is 28.5. The van der Waals surface area contributed by atoms with Crippen molar-refractivity contribution < 1.29 is 13.5 Å². The van der Waals surface area contributed by atoms with E-state index in [1.165, 1.54) is 0 Å². The number of hydrogen-bond donors (Lipinski definition) is 1. The summed E-state index contributed by atoms with van der Waals surface area (Å²) in [6.07, 6.45) is -0.887. The van der Waals surface area contributed by atoms with Gasteiger partial charge in [-0.15, -0.1) is 0 Å². The molecule has 3 atom stereocenters. The molecule has 2 heterocycles. The van der Waals surface area contributed by atoms with Crippen LogP contribution in [0.1, 0.15) is 26.0 Å². The van der Waals surface area contributed by atoms with Crippen LogP contribution >= 0.6 is 12.2 Å². The van der Waals surface area contributed by atoms with Gasteiger partial charge in [-0.05, 0) is 6.42 Å². The molecule has 0 saturated carbocycles. The number of alkyl halides is 1. The molecule has 17 heavy (non-hydrogen) atoms. The lowest BCUT2D eigenvalue weighted by molar-refractivity contribution is -0.0228. The molecule has 0 radical (unpaired) electrons. The Hall–Kier alpha value is -1.08. The van der Waals surface area contributed by atoms with Crippen molar-refractivity contribution in [1.82, 2.24) is 9.55 Å². The van der Waals surface area contributed by atoms with Crippen LogP contribution in [0.5, 0.6) is 0 Å². The van der Waals surface area contributed by atoms with Crippen LogP contribution in [0.3, 0.4) is 0 Å². The Morgan fingerprint density at radius 1 is 1.71 bits per heavy atom. The van der Waals surface area contributed by atoms with Crippen LogP contribution in [-0.4, -0.2) is 21.8 Å². The maximum atomic E-state index is 13.7. The molecule has 0 aromatic carbocycles. The maximum absolute atomic E-state index is 13.7. The highest BCUT2D eigenvalue weighted by Crippen LogP contribution is 2.31. The van der Waals surface area contributed by atoms with Gasteiger partial charge >= 0.3 is 5.69 Å². The molecule has 1 aromatic heterocycles. The molecule has 1 saturated heterocycles. The number of halogens is 2. The third-order valence-electron chi connectivity index (χ3n) is 2.78. The number of nitrogens with one attached hydrogen (secondary N) is 1.